The Morgan fingerprint density at radius 1 is 1.44 bits per heavy atom. The van der Waals surface area contributed by atoms with Crippen molar-refractivity contribution >= 4 is 22.8 Å². The minimum absolute atomic E-state index is 0.212. The number of rotatable bonds is 5. The Morgan fingerprint density at radius 2 is 2.22 bits per heavy atom. The van der Waals surface area contributed by atoms with Crippen LogP contribution in [0.3, 0.4) is 0 Å². The van der Waals surface area contributed by atoms with Crippen molar-refractivity contribution in [3.05, 3.63) is 6.20 Å². The van der Waals surface area contributed by atoms with Crippen LogP contribution in [-0.2, 0) is 4.74 Å². The Hall–Kier alpha value is -1.89. The minimum Gasteiger partial charge on any atom is -0.374 e. The Morgan fingerprint density at radius 3 is 2.94 bits per heavy atom. The van der Waals surface area contributed by atoms with Gasteiger partial charge in [0.2, 0.25) is 5.95 Å². The highest BCUT2D eigenvalue weighted by molar-refractivity contribution is 5.86. The zero-order valence-corrected chi connectivity index (χ0v) is 10.8. The Bertz CT molecular complexity index is 535. The summed E-state index contributed by atoms with van der Waals surface area (Å²) in [7, 11) is 0. The molecular weight excluding hydrogens is 232 g/mol. The molecule has 4 N–H and O–H groups in total. The molecule has 0 atom stereocenters. The van der Waals surface area contributed by atoms with Gasteiger partial charge in [0, 0.05) is 13.2 Å². The predicted octanol–water partition coefficient (Wildman–Crippen LogP) is 1.16. The summed E-state index contributed by atoms with van der Waals surface area (Å²) in [6, 6.07) is 0. The van der Waals surface area contributed by atoms with E-state index in [0.717, 1.165) is 5.39 Å². The van der Waals surface area contributed by atoms with E-state index < -0.39 is 0 Å². The number of aromatic amines is 1. The molecule has 0 aliphatic heterocycles. The maximum absolute atomic E-state index is 5.64. The lowest BCUT2D eigenvalue weighted by molar-refractivity contribution is 0.000663. The summed E-state index contributed by atoms with van der Waals surface area (Å²) < 4.78 is 5.61. The maximum atomic E-state index is 5.64. The van der Waals surface area contributed by atoms with E-state index in [4.69, 9.17) is 10.5 Å². The van der Waals surface area contributed by atoms with Gasteiger partial charge in [0.25, 0.3) is 0 Å². The van der Waals surface area contributed by atoms with E-state index in [9.17, 15) is 0 Å². The molecule has 0 aromatic carbocycles. The van der Waals surface area contributed by atoms with E-state index in [0.29, 0.717) is 24.6 Å². The van der Waals surface area contributed by atoms with Crippen LogP contribution in [0.15, 0.2) is 6.20 Å². The van der Waals surface area contributed by atoms with Gasteiger partial charge in [-0.25, -0.2) is 0 Å². The van der Waals surface area contributed by atoms with E-state index >= 15 is 0 Å². The van der Waals surface area contributed by atoms with Crippen LogP contribution >= 0.6 is 0 Å². The van der Waals surface area contributed by atoms with Crippen LogP contribution in [0.4, 0.5) is 11.8 Å². The van der Waals surface area contributed by atoms with Crippen molar-refractivity contribution in [3.8, 4) is 0 Å². The van der Waals surface area contributed by atoms with Crippen LogP contribution in [0.2, 0.25) is 0 Å². The molecule has 2 aromatic rings. The molecule has 0 bridgehead atoms. The Labute approximate surface area is 105 Å². The molecule has 2 rings (SSSR count). The number of nitrogens with zero attached hydrogens (tertiary/aromatic N) is 3. The van der Waals surface area contributed by atoms with Gasteiger partial charge in [0.05, 0.1) is 17.2 Å². The molecule has 0 saturated carbocycles. The lowest BCUT2D eigenvalue weighted by atomic mass is 10.1. The van der Waals surface area contributed by atoms with Gasteiger partial charge in [-0.3, -0.25) is 5.10 Å². The Kier molecular flexibility index (Phi) is 3.33. The molecule has 0 saturated heterocycles. The number of ether oxygens (including phenoxy) is 1. The summed E-state index contributed by atoms with van der Waals surface area (Å²) in [5.41, 5.74) is 5.99. The van der Waals surface area contributed by atoms with Gasteiger partial charge >= 0.3 is 0 Å². The topological polar surface area (TPSA) is 102 Å². The van der Waals surface area contributed by atoms with E-state index in [2.05, 4.69) is 25.5 Å². The first-order valence-electron chi connectivity index (χ1n) is 5.86. The van der Waals surface area contributed by atoms with Gasteiger partial charge in [0.15, 0.2) is 5.65 Å². The van der Waals surface area contributed by atoms with Gasteiger partial charge in [0.1, 0.15) is 5.82 Å². The number of fused-ring (bicyclic) bond motifs is 1. The van der Waals surface area contributed by atoms with Crippen molar-refractivity contribution in [2.45, 2.75) is 26.4 Å². The lowest BCUT2D eigenvalue weighted by Crippen LogP contribution is -2.33. The lowest BCUT2D eigenvalue weighted by Gasteiger charge is -2.25. The van der Waals surface area contributed by atoms with E-state index in [1.54, 1.807) is 6.20 Å². The summed E-state index contributed by atoms with van der Waals surface area (Å²) in [6.07, 6.45) is 1.67. The van der Waals surface area contributed by atoms with Crippen LogP contribution in [0.25, 0.3) is 11.0 Å². The molecule has 0 unspecified atom stereocenters. The van der Waals surface area contributed by atoms with Gasteiger partial charge in [-0.15, -0.1) is 0 Å². The number of nitrogens with one attached hydrogen (secondary N) is 2. The van der Waals surface area contributed by atoms with Crippen molar-refractivity contribution in [2.75, 3.05) is 24.2 Å². The molecule has 0 aliphatic carbocycles. The highest BCUT2D eigenvalue weighted by Crippen LogP contribution is 2.20. The summed E-state index contributed by atoms with van der Waals surface area (Å²) in [5, 5.41) is 10.7. The molecule has 0 radical (unpaired) electrons. The zero-order valence-electron chi connectivity index (χ0n) is 10.8. The molecule has 0 fully saturated rings. The van der Waals surface area contributed by atoms with Gasteiger partial charge in [-0.2, -0.15) is 15.1 Å². The summed E-state index contributed by atoms with van der Waals surface area (Å²) in [5.74, 6) is 0.877. The first kappa shape index (κ1) is 12.6. The first-order valence-corrected chi connectivity index (χ1v) is 5.86. The molecule has 0 aliphatic rings. The third-order valence-electron chi connectivity index (χ3n) is 2.54. The molecule has 7 heteroatoms. The molecule has 0 amide bonds. The highest BCUT2D eigenvalue weighted by Gasteiger charge is 2.18. The Balaban J connectivity index is 2.19. The van der Waals surface area contributed by atoms with Gasteiger partial charge < -0.3 is 15.8 Å². The number of nitrogens with two attached hydrogens (primary N) is 1. The number of aromatic nitrogens is 4. The van der Waals surface area contributed by atoms with Crippen LogP contribution in [-0.4, -0.2) is 38.9 Å². The minimum atomic E-state index is -0.273. The van der Waals surface area contributed by atoms with Crippen molar-refractivity contribution in [3.63, 3.8) is 0 Å². The SMILES string of the molecule is CCOC(C)(C)CNc1nc(N)nc2[nH]ncc12. The number of H-pyrrole nitrogens is 1. The van der Waals surface area contributed by atoms with Crippen LogP contribution in [0.1, 0.15) is 20.8 Å². The molecule has 0 spiro atoms. The fourth-order valence-electron chi connectivity index (χ4n) is 1.73. The number of anilines is 2. The molecule has 98 valence electrons. The van der Waals surface area contributed by atoms with Crippen molar-refractivity contribution < 1.29 is 4.74 Å². The van der Waals surface area contributed by atoms with Crippen LogP contribution in [0, 0.1) is 0 Å². The number of hydrogen-bond donors (Lipinski definition) is 3. The van der Waals surface area contributed by atoms with Gasteiger partial charge in [-0.05, 0) is 20.8 Å². The largest absolute Gasteiger partial charge is 0.374 e. The second-order valence-electron chi connectivity index (χ2n) is 4.61. The monoisotopic (exact) mass is 250 g/mol. The maximum Gasteiger partial charge on any atom is 0.224 e. The molecule has 2 heterocycles. The van der Waals surface area contributed by atoms with E-state index in [1.165, 1.54) is 0 Å². The van der Waals surface area contributed by atoms with Crippen molar-refractivity contribution in [2.24, 2.45) is 0 Å². The average Bonchev–Trinajstić information content (AvgIpc) is 2.73. The predicted molar refractivity (Wildman–Crippen MR) is 70.3 cm³/mol. The van der Waals surface area contributed by atoms with E-state index in [-0.39, 0.29) is 11.5 Å². The number of nitrogen functional groups attached to an aromatic ring is 1. The molecule has 7 nitrogen and oxygen atoms in total. The smallest absolute Gasteiger partial charge is 0.224 e. The van der Waals surface area contributed by atoms with Gasteiger partial charge in [-0.1, -0.05) is 0 Å². The zero-order chi connectivity index (χ0) is 13.2. The molecular formula is C11H18N6O. The molecule has 18 heavy (non-hydrogen) atoms. The highest BCUT2D eigenvalue weighted by atomic mass is 16.5. The number of hydrogen-bond acceptors (Lipinski definition) is 6. The third-order valence-corrected chi connectivity index (χ3v) is 2.54. The van der Waals surface area contributed by atoms with Crippen molar-refractivity contribution in [1.82, 2.24) is 20.2 Å². The quantitative estimate of drug-likeness (QED) is 0.736. The van der Waals surface area contributed by atoms with Crippen molar-refractivity contribution in [1.29, 1.82) is 0 Å². The summed E-state index contributed by atoms with van der Waals surface area (Å²) in [6.45, 7) is 7.29. The average molecular weight is 250 g/mol. The standard InChI is InChI=1S/C11H18N6O/c1-4-18-11(2,3)6-13-8-7-5-14-17-9(7)16-10(12)15-8/h5H,4,6H2,1-3H3,(H4,12,13,14,15,16,17). The van der Waals surface area contributed by atoms with Crippen LogP contribution in [0.5, 0.6) is 0 Å². The first-order chi connectivity index (χ1) is 8.52. The van der Waals surface area contributed by atoms with Crippen LogP contribution < -0.4 is 11.1 Å². The second-order valence-corrected chi connectivity index (χ2v) is 4.61. The fourth-order valence-corrected chi connectivity index (χ4v) is 1.73. The third kappa shape index (κ3) is 2.67. The summed E-state index contributed by atoms with van der Waals surface area (Å²) >= 11 is 0. The second kappa shape index (κ2) is 4.77. The fraction of sp³-hybridized carbons (Fsp3) is 0.545. The molecule has 2 aromatic heterocycles. The normalized spacial score (nSPS) is 11.9. The summed E-state index contributed by atoms with van der Waals surface area (Å²) in [4.78, 5) is 8.23. The van der Waals surface area contributed by atoms with E-state index in [1.807, 2.05) is 20.8 Å².